The van der Waals surface area contributed by atoms with E-state index in [1.54, 1.807) is 26.0 Å². The fourth-order valence-electron chi connectivity index (χ4n) is 2.40. The molecular weight excluding hydrogens is 320 g/mol. The number of hydrogen-bond acceptors (Lipinski definition) is 7. The lowest BCUT2D eigenvalue weighted by Crippen LogP contribution is -2.41. The second kappa shape index (κ2) is 7.36. The molecule has 0 saturated carbocycles. The van der Waals surface area contributed by atoms with Crippen LogP contribution in [0.25, 0.3) is 0 Å². The molecule has 1 N–H and O–H groups in total. The first kappa shape index (κ1) is 17.1. The molecule has 23 heavy (non-hydrogen) atoms. The average Bonchev–Trinajstić information content (AvgIpc) is 2.88. The van der Waals surface area contributed by atoms with E-state index < -0.39 is 29.7 Å². The van der Waals surface area contributed by atoms with Crippen LogP contribution in [0.1, 0.15) is 35.1 Å². The minimum Gasteiger partial charge on any atom is -0.550 e. The molecule has 0 spiro atoms. The number of anilines is 1. The van der Waals surface area contributed by atoms with E-state index in [0.29, 0.717) is 17.0 Å². The van der Waals surface area contributed by atoms with E-state index in [-0.39, 0.29) is 18.2 Å². The summed E-state index contributed by atoms with van der Waals surface area (Å²) in [6, 6.07) is 0. The summed E-state index contributed by atoms with van der Waals surface area (Å²) in [6.45, 7) is 3.60. The third-order valence-corrected chi connectivity index (χ3v) is 4.61. The van der Waals surface area contributed by atoms with Crippen molar-refractivity contribution in [2.45, 2.75) is 26.7 Å². The van der Waals surface area contributed by atoms with Crippen molar-refractivity contribution in [3.8, 4) is 0 Å². The SMILES string of the molecule is CCOC(=O)c1sc(NC(=O)[C@H]2CC=CC[C@@H]2C(=O)[O-])nc1C. The van der Waals surface area contributed by atoms with Crippen LogP contribution >= 0.6 is 11.3 Å². The molecule has 2 atom stereocenters. The zero-order valence-corrected chi connectivity index (χ0v) is 13.6. The van der Waals surface area contributed by atoms with Crippen LogP contribution in [0.2, 0.25) is 0 Å². The number of aryl methyl sites for hydroxylation is 1. The van der Waals surface area contributed by atoms with Crippen molar-refractivity contribution >= 4 is 34.3 Å². The number of carboxylic acid groups (broad SMARTS) is 1. The molecule has 0 fully saturated rings. The van der Waals surface area contributed by atoms with Gasteiger partial charge in [0.25, 0.3) is 0 Å². The molecule has 1 aliphatic rings. The molecule has 7 nitrogen and oxygen atoms in total. The number of hydrogen-bond donors (Lipinski definition) is 1. The fourth-order valence-corrected chi connectivity index (χ4v) is 3.26. The number of allylic oxidation sites excluding steroid dienone is 2. The first-order chi connectivity index (χ1) is 10.9. The van der Waals surface area contributed by atoms with E-state index in [0.717, 1.165) is 11.3 Å². The second-order valence-corrected chi connectivity index (χ2v) is 6.12. The van der Waals surface area contributed by atoms with E-state index in [1.165, 1.54) is 0 Å². The first-order valence-electron chi connectivity index (χ1n) is 7.25. The highest BCUT2D eigenvalue weighted by Crippen LogP contribution is 2.28. The number of aliphatic carboxylic acids is 1. The molecule has 2 rings (SSSR count). The summed E-state index contributed by atoms with van der Waals surface area (Å²) in [5.74, 6) is -3.73. The number of carbonyl (C=O) groups is 3. The Morgan fingerprint density at radius 3 is 2.61 bits per heavy atom. The van der Waals surface area contributed by atoms with Gasteiger partial charge in [0.15, 0.2) is 5.13 Å². The highest BCUT2D eigenvalue weighted by atomic mass is 32.1. The lowest BCUT2D eigenvalue weighted by molar-refractivity contribution is -0.313. The van der Waals surface area contributed by atoms with Crippen LogP contribution in [0.3, 0.4) is 0 Å². The van der Waals surface area contributed by atoms with Crippen LogP contribution in [0.4, 0.5) is 5.13 Å². The summed E-state index contributed by atoms with van der Waals surface area (Å²) in [5, 5.41) is 14.0. The fraction of sp³-hybridized carbons (Fsp3) is 0.467. The molecule has 0 unspecified atom stereocenters. The number of rotatable bonds is 5. The maximum atomic E-state index is 12.3. The largest absolute Gasteiger partial charge is 0.550 e. The summed E-state index contributed by atoms with van der Waals surface area (Å²) in [7, 11) is 0. The van der Waals surface area contributed by atoms with Gasteiger partial charge in [-0.3, -0.25) is 4.79 Å². The summed E-state index contributed by atoms with van der Waals surface area (Å²) in [6.07, 6.45) is 4.11. The highest BCUT2D eigenvalue weighted by Gasteiger charge is 2.30. The molecule has 1 heterocycles. The van der Waals surface area contributed by atoms with Gasteiger partial charge in [0.05, 0.1) is 18.2 Å². The maximum Gasteiger partial charge on any atom is 0.350 e. The molecule has 0 saturated heterocycles. The Labute approximate surface area is 137 Å². The van der Waals surface area contributed by atoms with Crippen LogP contribution in [0.15, 0.2) is 12.2 Å². The Bertz CT molecular complexity index is 652. The quantitative estimate of drug-likeness (QED) is 0.631. The lowest BCUT2D eigenvalue weighted by Gasteiger charge is -2.27. The van der Waals surface area contributed by atoms with Crippen molar-refractivity contribution < 1.29 is 24.2 Å². The number of esters is 1. The third-order valence-electron chi connectivity index (χ3n) is 3.56. The van der Waals surface area contributed by atoms with Gasteiger partial charge < -0.3 is 20.0 Å². The van der Waals surface area contributed by atoms with E-state index in [9.17, 15) is 19.5 Å². The van der Waals surface area contributed by atoms with Crippen molar-refractivity contribution in [2.24, 2.45) is 11.8 Å². The first-order valence-corrected chi connectivity index (χ1v) is 8.07. The summed E-state index contributed by atoms with van der Waals surface area (Å²) in [5.41, 5.74) is 0.462. The number of carboxylic acids is 1. The molecule has 0 bridgehead atoms. The summed E-state index contributed by atoms with van der Waals surface area (Å²) in [4.78, 5) is 39.6. The Balaban J connectivity index is 2.11. The van der Waals surface area contributed by atoms with Gasteiger partial charge in [-0.25, -0.2) is 9.78 Å². The Morgan fingerprint density at radius 2 is 2.00 bits per heavy atom. The molecule has 1 aliphatic carbocycles. The van der Waals surface area contributed by atoms with E-state index >= 15 is 0 Å². The molecule has 0 aliphatic heterocycles. The van der Waals surface area contributed by atoms with Crippen molar-refractivity contribution in [3.05, 3.63) is 22.7 Å². The van der Waals surface area contributed by atoms with Gasteiger partial charge in [0.1, 0.15) is 4.88 Å². The number of carbonyl (C=O) groups excluding carboxylic acids is 3. The number of ether oxygens (including phenoxy) is 1. The van der Waals surface area contributed by atoms with Gasteiger partial charge in [-0.05, 0) is 26.7 Å². The van der Waals surface area contributed by atoms with Gasteiger partial charge in [0.2, 0.25) is 5.91 Å². The van der Waals surface area contributed by atoms with E-state index in [2.05, 4.69) is 10.3 Å². The standard InChI is InChI=1S/C15H18N2O5S/c1-3-22-14(21)11-8(2)16-15(23-11)17-12(18)9-6-4-5-7-10(9)13(19)20/h4-5,9-10H,3,6-7H2,1-2H3,(H,19,20)(H,16,17,18)/p-1/t9-,10-/m0/s1. The predicted octanol–water partition coefficient (Wildman–Crippen LogP) is 0.899. The molecular formula is C15H17N2O5S-. The number of aromatic nitrogens is 1. The highest BCUT2D eigenvalue weighted by molar-refractivity contribution is 7.17. The molecule has 0 radical (unpaired) electrons. The lowest BCUT2D eigenvalue weighted by atomic mass is 9.82. The zero-order valence-electron chi connectivity index (χ0n) is 12.8. The molecule has 1 aromatic heterocycles. The van der Waals surface area contributed by atoms with Gasteiger partial charge in [-0.1, -0.05) is 23.5 Å². The Hall–Kier alpha value is -2.22. The van der Waals surface area contributed by atoms with E-state index in [4.69, 9.17) is 4.74 Å². The van der Waals surface area contributed by atoms with Crippen LogP contribution in [0, 0.1) is 18.8 Å². The molecule has 1 amide bonds. The van der Waals surface area contributed by atoms with Crippen molar-refractivity contribution in [3.63, 3.8) is 0 Å². The number of nitrogens with one attached hydrogen (secondary N) is 1. The van der Waals surface area contributed by atoms with Crippen LogP contribution < -0.4 is 10.4 Å². The normalized spacial score (nSPS) is 20.1. The Morgan fingerprint density at radius 1 is 1.35 bits per heavy atom. The molecule has 1 aromatic rings. The summed E-state index contributed by atoms with van der Waals surface area (Å²) >= 11 is 1.01. The van der Waals surface area contributed by atoms with Crippen LogP contribution in [-0.2, 0) is 14.3 Å². The average molecular weight is 337 g/mol. The van der Waals surface area contributed by atoms with Gasteiger partial charge >= 0.3 is 5.97 Å². The van der Waals surface area contributed by atoms with Crippen molar-refractivity contribution in [2.75, 3.05) is 11.9 Å². The molecule has 8 heteroatoms. The van der Waals surface area contributed by atoms with E-state index in [1.807, 2.05) is 0 Å². The molecule has 124 valence electrons. The summed E-state index contributed by atoms with van der Waals surface area (Å²) < 4.78 is 4.92. The van der Waals surface area contributed by atoms with Crippen LogP contribution in [0.5, 0.6) is 0 Å². The van der Waals surface area contributed by atoms with Crippen molar-refractivity contribution in [1.82, 2.24) is 4.98 Å². The monoisotopic (exact) mass is 337 g/mol. The maximum absolute atomic E-state index is 12.3. The Kier molecular flexibility index (Phi) is 5.49. The zero-order chi connectivity index (χ0) is 17.0. The number of nitrogens with zero attached hydrogens (tertiary/aromatic N) is 1. The minimum absolute atomic E-state index is 0.250. The second-order valence-electron chi connectivity index (χ2n) is 5.12. The van der Waals surface area contributed by atoms with Crippen LogP contribution in [-0.4, -0.2) is 29.4 Å². The van der Waals surface area contributed by atoms with Gasteiger partial charge in [-0.2, -0.15) is 0 Å². The number of amides is 1. The van der Waals surface area contributed by atoms with Crippen molar-refractivity contribution in [1.29, 1.82) is 0 Å². The molecule has 0 aromatic carbocycles. The topological polar surface area (TPSA) is 108 Å². The van der Waals surface area contributed by atoms with Gasteiger partial charge in [0, 0.05) is 11.9 Å². The predicted molar refractivity (Wildman–Crippen MR) is 81.8 cm³/mol. The smallest absolute Gasteiger partial charge is 0.350 e. The minimum atomic E-state index is -1.24. The third kappa shape index (κ3) is 3.95. The van der Waals surface area contributed by atoms with Gasteiger partial charge in [-0.15, -0.1) is 0 Å². The number of thiazole rings is 1.